The highest BCUT2D eigenvalue weighted by Crippen LogP contribution is 2.24. The quantitative estimate of drug-likeness (QED) is 0.840. The molecule has 0 radical (unpaired) electrons. The van der Waals surface area contributed by atoms with Crippen LogP contribution in [0.2, 0.25) is 0 Å². The van der Waals surface area contributed by atoms with Crippen molar-refractivity contribution in [3.8, 4) is 0 Å². The molecule has 6 heteroatoms. The predicted octanol–water partition coefficient (Wildman–Crippen LogP) is 0.984. The molecule has 1 heterocycles. The van der Waals surface area contributed by atoms with Gasteiger partial charge in [0, 0.05) is 25.7 Å². The van der Waals surface area contributed by atoms with Crippen molar-refractivity contribution in [2.45, 2.75) is 24.3 Å². The van der Waals surface area contributed by atoms with E-state index in [1.165, 1.54) is 0 Å². The fourth-order valence-electron chi connectivity index (χ4n) is 2.43. The third kappa shape index (κ3) is 2.75. The lowest BCUT2D eigenvalue weighted by Crippen LogP contribution is -2.52. The summed E-state index contributed by atoms with van der Waals surface area (Å²) in [4.78, 5) is 2.43. The van der Waals surface area contributed by atoms with Gasteiger partial charge in [-0.3, -0.25) is 0 Å². The summed E-state index contributed by atoms with van der Waals surface area (Å²) in [6.45, 7) is 3.88. The Bertz CT molecular complexity index is 545. The Morgan fingerprint density at radius 3 is 2.63 bits per heavy atom. The molecule has 0 bridgehead atoms. The van der Waals surface area contributed by atoms with E-state index in [4.69, 9.17) is 5.73 Å². The van der Waals surface area contributed by atoms with E-state index in [1.807, 2.05) is 7.05 Å². The van der Waals surface area contributed by atoms with Crippen LogP contribution in [-0.4, -0.2) is 50.3 Å². The van der Waals surface area contributed by atoms with Gasteiger partial charge in [0.15, 0.2) is 0 Å². The van der Waals surface area contributed by atoms with Gasteiger partial charge in [0.1, 0.15) is 4.90 Å². The zero-order valence-electron chi connectivity index (χ0n) is 11.4. The average Bonchev–Trinajstić information content (AvgIpc) is 2.39. The third-order valence-corrected chi connectivity index (χ3v) is 5.69. The first-order chi connectivity index (χ1) is 8.96. The molecule has 5 nitrogen and oxygen atoms in total. The van der Waals surface area contributed by atoms with E-state index in [1.54, 1.807) is 28.6 Å². The molecule has 19 heavy (non-hydrogen) atoms. The molecule has 1 aliphatic rings. The number of sulfonamides is 1. The summed E-state index contributed by atoms with van der Waals surface area (Å²) in [7, 11) is -1.44. The SMILES string of the molecule is CCC1CN(S(=O)(=O)c2ccccc2N)CCN1C. The first kappa shape index (κ1) is 14.3. The van der Waals surface area contributed by atoms with Crippen molar-refractivity contribution in [2.75, 3.05) is 32.4 Å². The highest BCUT2D eigenvalue weighted by Gasteiger charge is 2.32. The monoisotopic (exact) mass is 283 g/mol. The molecule has 0 amide bonds. The second kappa shape index (κ2) is 5.48. The molecule has 0 spiro atoms. The van der Waals surface area contributed by atoms with Crippen molar-refractivity contribution < 1.29 is 8.42 Å². The normalized spacial score (nSPS) is 22.5. The van der Waals surface area contributed by atoms with Crippen LogP contribution in [0.5, 0.6) is 0 Å². The third-order valence-electron chi connectivity index (χ3n) is 3.75. The first-order valence-corrected chi connectivity index (χ1v) is 7.95. The maximum atomic E-state index is 12.6. The highest BCUT2D eigenvalue weighted by molar-refractivity contribution is 7.89. The van der Waals surface area contributed by atoms with E-state index in [0.717, 1.165) is 13.0 Å². The van der Waals surface area contributed by atoms with Crippen LogP contribution < -0.4 is 5.73 Å². The zero-order valence-corrected chi connectivity index (χ0v) is 12.2. The fourth-order valence-corrected chi connectivity index (χ4v) is 4.02. The van der Waals surface area contributed by atoms with Gasteiger partial charge >= 0.3 is 0 Å². The summed E-state index contributed by atoms with van der Waals surface area (Å²) in [5, 5.41) is 0. The number of nitrogen functional groups attached to an aromatic ring is 1. The van der Waals surface area contributed by atoms with Crippen molar-refractivity contribution >= 4 is 15.7 Å². The number of nitrogens with zero attached hydrogens (tertiary/aromatic N) is 2. The number of hydrogen-bond donors (Lipinski definition) is 1. The number of nitrogens with two attached hydrogens (primary N) is 1. The van der Waals surface area contributed by atoms with Crippen molar-refractivity contribution in [3.63, 3.8) is 0 Å². The molecule has 0 aliphatic carbocycles. The number of anilines is 1. The Labute approximate surface area is 115 Å². The molecule has 2 N–H and O–H groups in total. The standard InChI is InChI=1S/C13H21N3O2S/c1-3-11-10-16(9-8-15(11)2)19(17,18)13-7-5-4-6-12(13)14/h4-7,11H,3,8-10,14H2,1-2H3. The average molecular weight is 283 g/mol. The van der Waals surface area contributed by atoms with Gasteiger partial charge < -0.3 is 10.6 Å². The van der Waals surface area contributed by atoms with E-state index < -0.39 is 10.0 Å². The molecule has 1 aromatic carbocycles. The maximum Gasteiger partial charge on any atom is 0.245 e. The highest BCUT2D eigenvalue weighted by atomic mass is 32.2. The number of rotatable bonds is 3. The number of hydrogen-bond acceptors (Lipinski definition) is 4. The minimum absolute atomic E-state index is 0.217. The Hall–Kier alpha value is -1.11. The summed E-state index contributed by atoms with van der Waals surface area (Å²) in [6.07, 6.45) is 0.937. The fraction of sp³-hybridized carbons (Fsp3) is 0.538. The minimum Gasteiger partial charge on any atom is -0.398 e. The van der Waals surface area contributed by atoms with Crippen molar-refractivity contribution in [3.05, 3.63) is 24.3 Å². The van der Waals surface area contributed by atoms with Crippen LogP contribution in [0, 0.1) is 0 Å². The lowest BCUT2D eigenvalue weighted by Gasteiger charge is -2.38. The van der Waals surface area contributed by atoms with Crippen LogP contribution in [0.4, 0.5) is 5.69 Å². The van der Waals surface area contributed by atoms with Gasteiger partial charge in [0.25, 0.3) is 0 Å². The number of piperazine rings is 1. The Kier molecular flexibility index (Phi) is 4.13. The summed E-state index contributed by atoms with van der Waals surface area (Å²) >= 11 is 0. The second-order valence-electron chi connectivity index (χ2n) is 4.94. The van der Waals surface area contributed by atoms with Crippen LogP contribution in [0.25, 0.3) is 0 Å². The van der Waals surface area contributed by atoms with Crippen LogP contribution in [0.15, 0.2) is 29.2 Å². The van der Waals surface area contributed by atoms with Gasteiger partial charge in [-0.25, -0.2) is 8.42 Å². The van der Waals surface area contributed by atoms with E-state index >= 15 is 0 Å². The maximum absolute atomic E-state index is 12.6. The molecule has 0 aromatic heterocycles. The van der Waals surface area contributed by atoms with Crippen LogP contribution >= 0.6 is 0 Å². The smallest absolute Gasteiger partial charge is 0.245 e. The van der Waals surface area contributed by atoms with Crippen molar-refractivity contribution in [1.29, 1.82) is 0 Å². The molecule has 1 fully saturated rings. The van der Waals surface area contributed by atoms with Crippen molar-refractivity contribution in [1.82, 2.24) is 9.21 Å². The largest absolute Gasteiger partial charge is 0.398 e. The predicted molar refractivity (Wildman–Crippen MR) is 76.3 cm³/mol. The molecule has 1 saturated heterocycles. The first-order valence-electron chi connectivity index (χ1n) is 6.51. The van der Waals surface area contributed by atoms with Gasteiger partial charge in [-0.15, -0.1) is 0 Å². The molecule has 1 aliphatic heterocycles. The number of benzene rings is 1. The van der Waals surface area contributed by atoms with Crippen LogP contribution in [0.3, 0.4) is 0 Å². The van der Waals surface area contributed by atoms with Gasteiger partial charge in [0.05, 0.1) is 5.69 Å². The molecule has 1 atom stereocenters. The van der Waals surface area contributed by atoms with Gasteiger partial charge in [-0.05, 0) is 25.6 Å². The topological polar surface area (TPSA) is 66.6 Å². The van der Waals surface area contributed by atoms with E-state index in [9.17, 15) is 8.42 Å². The van der Waals surface area contributed by atoms with E-state index in [2.05, 4.69) is 11.8 Å². The lowest BCUT2D eigenvalue weighted by molar-refractivity contribution is 0.144. The number of likely N-dealkylation sites (N-methyl/N-ethyl adjacent to an activating group) is 1. The van der Waals surface area contributed by atoms with Gasteiger partial charge in [-0.1, -0.05) is 19.1 Å². The second-order valence-corrected chi connectivity index (χ2v) is 6.85. The summed E-state index contributed by atoms with van der Waals surface area (Å²) in [5.74, 6) is 0. The molecule has 1 aromatic rings. The lowest BCUT2D eigenvalue weighted by atomic mass is 10.1. The molecule has 1 unspecified atom stereocenters. The minimum atomic E-state index is -3.48. The van der Waals surface area contributed by atoms with Crippen molar-refractivity contribution in [2.24, 2.45) is 0 Å². The summed E-state index contributed by atoms with van der Waals surface area (Å²) < 4.78 is 26.8. The summed E-state index contributed by atoms with van der Waals surface area (Å²) in [5.41, 5.74) is 6.11. The molecule has 0 saturated carbocycles. The van der Waals surface area contributed by atoms with Gasteiger partial charge in [0.2, 0.25) is 10.0 Å². The Balaban J connectivity index is 2.28. The summed E-state index contributed by atoms with van der Waals surface area (Å²) in [6, 6.07) is 6.92. The molecule has 2 rings (SSSR count). The van der Waals surface area contributed by atoms with Crippen LogP contribution in [-0.2, 0) is 10.0 Å². The zero-order chi connectivity index (χ0) is 14.0. The number of para-hydroxylation sites is 1. The molecular weight excluding hydrogens is 262 g/mol. The van der Waals surface area contributed by atoms with E-state index in [-0.39, 0.29) is 10.9 Å². The van der Waals surface area contributed by atoms with Crippen LogP contribution in [0.1, 0.15) is 13.3 Å². The van der Waals surface area contributed by atoms with E-state index in [0.29, 0.717) is 18.8 Å². The Morgan fingerprint density at radius 2 is 2.00 bits per heavy atom. The molecular formula is C13H21N3O2S. The Morgan fingerprint density at radius 1 is 1.32 bits per heavy atom. The van der Waals surface area contributed by atoms with Gasteiger partial charge in [-0.2, -0.15) is 4.31 Å². The molecule has 106 valence electrons.